The molecule has 118 valence electrons. The molecule has 23 heavy (non-hydrogen) atoms. The van der Waals surface area contributed by atoms with Gasteiger partial charge >= 0.3 is 6.18 Å². The molecule has 0 N–H and O–H groups in total. The lowest BCUT2D eigenvalue weighted by Crippen LogP contribution is -2.18. The maximum Gasteiger partial charge on any atom is 0.417 e. The number of pyridine rings is 1. The van der Waals surface area contributed by atoms with Crippen LogP contribution in [0, 0.1) is 0 Å². The number of halogens is 3. The largest absolute Gasteiger partial charge is 0.419 e. The third kappa shape index (κ3) is 3.15. The van der Waals surface area contributed by atoms with Gasteiger partial charge in [0.15, 0.2) is 0 Å². The molecule has 0 radical (unpaired) electrons. The van der Waals surface area contributed by atoms with Crippen LogP contribution in [0.15, 0.2) is 57.9 Å². The van der Waals surface area contributed by atoms with E-state index in [2.05, 4.69) is 10.2 Å². The van der Waals surface area contributed by atoms with Gasteiger partial charge in [0.05, 0.1) is 11.1 Å². The van der Waals surface area contributed by atoms with E-state index in [0.717, 1.165) is 6.07 Å². The number of alkyl halides is 3. The summed E-state index contributed by atoms with van der Waals surface area (Å²) in [4.78, 5) is 11.6. The highest BCUT2D eigenvalue weighted by atomic mass is 19.4. The van der Waals surface area contributed by atoms with Crippen LogP contribution in [0.4, 0.5) is 13.2 Å². The zero-order chi connectivity index (χ0) is 16.4. The lowest BCUT2D eigenvalue weighted by Gasteiger charge is -2.09. The van der Waals surface area contributed by atoms with Crippen LogP contribution in [0.3, 0.4) is 0 Å². The molecule has 1 aromatic carbocycles. The minimum atomic E-state index is -4.53. The predicted octanol–water partition coefficient (Wildman–Crippen LogP) is 2.97. The summed E-state index contributed by atoms with van der Waals surface area (Å²) in [5.41, 5.74) is -1.32. The normalized spacial score (nSPS) is 11.6. The first-order valence-corrected chi connectivity index (χ1v) is 6.59. The Morgan fingerprint density at radius 2 is 1.78 bits per heavy atom. The zero-order valence-corrected chi connectivity index (χ0v) is 11.6. The van der Waals surface area contributed by atoms with Gasteiger partial charge in [0, 0.05) is 12.3 Å². The molecule has 5 nitrogen and oxygen atoms in total. The fourth-order valence-corrected chi connectivity index (χ4v) is 2.08. The van der Waals surface area contributed by atoms with Crippen molar-refractivity contribution in [3.8, 4) is 11.5 Å². The topological polar surface area (TPSA) is 60.9 Å². The van der Waals surface area contributed by atoms with E-state index in [-0.39, 0.29) is 29.4 Å². The van der Waals surface area contributed by atoms with Crippen molar-refractivity contribution >= 4 is 0 Å². The molecule has 0 atom stereocenters. The highest BCUT2D eigenvalue weighted by molar-refractivity contribution is 5.59. The molecule has 0 fully saturated rings. The quantitative estimate of drug-likeness (QED) is 0.744. The van der Waals surface area contributed by atoms with Crippen LogP contribution in [-0.4, -0.2) is 14.8 Å². The van der Waals surface area contributed by atoms with Gasteiger partial charge in [0.2, 0.25) is 11.8 Å². The van der Waals surface area contributed by atoms with Crippen LogP contribution < -0.4 is 5.56 Å². The maximum atomic E-state index is 13.0. The molecular weight excluding hydrogens is 311 g/mol. The van der Waals surface area contributed by atoms with Crippen molar-refractivity contribution in [3.05, 3.63) is 70.5 Å². The van der Waals surface area contributed by atoms with Crippen molar-refractivity contribution in [1.29, 1.82) is 0 Å². The van der Waals surface area contributed by atoms with E-state index in [4.69, 9.17) is 4.42 Å². The Labute approximate surface area is 128 Å². The number of nitrogens with zero attached hydrogens (tertiary/aromatic N) is 3. The number of hydrogen-bond donors (Lipinski definition) is 0. The smallest absolute Gasteiger partial charge is 0.417 e. The highest BCUT2D eigenvalue weighted by Gasteiger charge is 2.34. The Morgan fingerprint density at radius 3 is 2.52 bits per heavy atom. The van der Waals surface area contributed by atoms with E-state index >= 15 is 0 Å². The molecular formula is C15H10F3N3O2. The van der Waals surface area contributed by atoms with Crippen molar-refractivity contribution < 1.29 is 17.6 Å². The Kier molecular flexibility index (Phi) is 3.73. The third-order valence-corrected chi connectivity index (χ3v) is 3.13. The summed E-state index contributed by atoms with van der Waals surface area (Å²) >= 11 is 0. The predicted molar refractivity (Wildman–Crippen MR) is 74.5 cm³/mol. The molecule has 3 rings (SSSR count). The highest BCUT2D eigenvalue weighted by Crippen LogP contribution is 2.36. The van der Waals surface area contributed by atoms with Crippen molar-refractivity contribution in [2.24, 2.45) is 0 Å². The Balaban J connectivity index is 1.95. The van der Waals surface area contributed by atoms with Crippen molar-refractivity contribution in [3.63, 3.8) is 0 Å². The summed E-state index contributed by atoms with van der Waals surface area (Å²) in [6.45, 7) is -0.0130. The maximum absolute atomic E-state index is 13.0. The van der Waals surface area contributed by atoms with Gasteiger partial charge in [-0.25, -0.2) is 0 Å². The summed E-state index contributed by atoms with van der Waals surface area (Å²) in [7, 11) is 0. The van der Waals surface area contributed by atoms with Gasteiger partial charge in [-0.15, -0.1) is 10.2 Å². The molecule has 0 saturated carbocycles. The molecule has 0 bridgehead atoms. The molecule has 8 heteroatoms. The van der Waals surface area contributed by atoms with Gasteiger partial charge in [-0.3, -0.25) is 4.79 Å². The van der Waals surface area contributed by atoms with E-state index in [0.29, 0.717) is 0 Å². The molecule has 0 saturated heterocycles. The van der Waals surface area contributed by atoms with Gasteiger partial charge < -0.3 is 8.98 Å². The van der Waals surface area contributed by atoms with Crippen molar-refractivity contribution in [1.82, 2.24) is 14.8 Å². The standard InChI is InChI=1S/C15H10F3N3O2/c16-15(17,18)11-6-2-1-5-10(11)14-20-19-12(23-14)9-21-8-4-3-7-13(21)22/h1-8H,9H2. The monoisotopic (exact) mass is 321 g/mol. The minimum absolute atomic E-state index is 0.0130. The average molecular weight is 321 g/mol. The average Bonchev–Trinajstić information content (AvgIpc) is 2.97. The van der Waals surface area contributed by atoms with Gasteiger partial charge in [0.25, 0.3) is 5.56 Å². The second-order valence-electron chi connectivity index (χ2n) is 4.71. The summed E-state index contributed by atoms with van der Waals surface area (Å²) in [5.74, 6) is -0.192. The van der Waals surface area contributed by atoms with Gasteiger partial charge in [-0.1, -0.05) is 18.2 Å². The fourth-order valence-electron chi connectivity index (χ4n) is 2.08. The molecule has 0 aliphatic carbocycles. The summed E-state index contributed by atoms with van der Waals surface area (Å²) < 4.78 is 45.6. The number of rotatable bonds is 3. The SMILES string of the molecule is O=c1ccccn1Cc1nnc(-c2ccccc2C(F)(F)F)o1. The van der Waals surface area contributed by atoms with E-state index in [1.165, 1.54) is 35.0 Å². The molecule has 2 aromatic heterocycles. The second kappa shape index (κ2) is 5.71. The Bertz CT molecular complexity index is 884. The number of aromatic nitrogens is 3. The third-order valence-electron chi connectivity index (χ3n) is 3.13. The van der Waals surface area contributed by atoms with E-state index in [1.807, 2.05) is 0 Å². The molecule has 0 spiro atoms. The van der Waals surface area contributed by atoms with Gasteiger partial charge in [0.1, 0.15) is 6.54 Å². The Hall–Kier alpha value is -2.90. The van der Waals surface area contributed by atoms with E-state index < -0.39 is 11.7 Å². The first kappa shape index (κ1) is 15.0. The fraction of sp³-hybridized carbons (Fsp3) is 0.133. The first-order chi connectivity index (χ1) is 10.9. The number of hydrogen-bond acceptors (Lipinski definition) is 4. The zero-order valence-electron chi connectivity index (χ0n) is 11.6. The second-order valence-corrected chi connectivity index (χ2v) is 4.71. The van der Waals surface area contributed by atoms with Gasteiger partial charge in [-0.2, -0.15) is 13.2 Å². The molecule has 0 amide bonds. The minimum Gasteiger partial charge on any atom is -0.419 e. The molecule has 0 aliphatic rings. The summed E-state index contributed by atoms with van der Waals surface area (Å²) in [6, 6.07) is 9.53. The van der Waals surface area contributed by atoms with Crippen LogP contribution in [0.1, 0.15) is 11.5 Å². The lowest BCUT2D eigenvalue weighted by molar-refractivity contribution is -0.137. The van der Waals surface area contributed by atoms with E-state index in [9.17, 15) is 18.0 Å². The van der Waals surface area contributed by atoms with Crippen molar-refractivity contribution in [2.75, 3.05) is 0 Å². The number of benzene rings is 1. The first-order valence-electron chi connectivity index (χ1n) is 6.59. The summed E-state index contributed by atoms with van der Waals surface area (Å²) in [5, 5.41) is 7.36. The van der Waals surface area contributed by atoms with Crippen LogP contribution in [0.5, 0.6) is 0 Å². The lowest BCUT2D eigenvalue weighted by atomic mass is 10.1. The molecule has 0 unspecified atom stereocenters. The Morgan fingerprint density at radius 1 is 1.04 bits per heavy atom. The van der Waals surface area contributed by atoms with Crippen LogP contribution in [0.2, 0.25) is 0 Å². The van der Waals surface area contributed by atoms with Crippen LogP contribution in [-0.2, 0) is 12.7 Å². The molecule has 2 heterocycles. The summed E-state index contributed by atoms with van der Waals surface area (Å²) in [6.07, 6.45) is -3.00. The molecule has 3 aromatic rings. The van der Waals surface area contributed by atoms with Crippen LogP contribution >= 0.6 is 0 Å². The van der Waals surface area contributed by atoms with Crippen LogP contribution in [0.25, 0.3) is 11.5 Å². The van der Waals surface area contributed by atoms with Crippen molar-refractivity contribution in [2.45, 2.75) is 12.7 Å². The van der Waals surface area contributed by atoms with Gasteiger partial charge in [-0.05, 0) is 18.2 Å². The van der Waals surface area contributed by atoms with E-state index in [1.54, 1.807) is 12.1 Å². The molecule has 0 aliphatic heterocycles.